The van der Waals surface area contributed by atoms with Gasteiger partial charge in [-0.05, 0) is 37.0 Å². The average molecular weight is 322 g/mol. The molecular weight excluding hydrogens is 304 g/mol. The topological polar surface area (TPSA) is 90.8 Å². The highest BCUT2D eigenvalue weighted by Crippen LogP contribution is 2.31. The molecule has 0 unspecified atom stereocenters. The number of anilines is 1. The number of H-pyrrole nitrogens is 1. The van der Waals surface area contributed by atoms with Crippen molar-refractivity contribution in [1.29, 1.82) is 0 Å². The van der Waals surface area contributed by atoms with Crippen LogP contribution in [0.25, 0.3) is 22.4 Å². The molecule has 2 aromatic heterocycles. The van der Waals surface area contributed by atoms with Gasteiger partial charge in [-0.25, -0.2) is 4.98 Å². The van der Waals surface area contributed by atoms with Crippen LogP contribution in [0, 0.1) is 0 Å². The smallest absolute Gasteiger partial charge is 0.245 e. The molecule has 1 aromatic carbocycles. The third-order valence-corrected chi connectivity index (χ3v) is 4.29. The lowest BCUT2D eigenvalue weighted by atomic mass is 10.0. The van der Waals surface area contributed by atoms with Crippen molar-refractivity contribution in [1.82, 2.24) is 25.4 Å². The lowest BCUT2D eigenvalue weighted by molar-refractivity contribution is 0.477. The van der Waals surface area contributed by atoms with Gasteiger partial charge in [0.25, 0.3) is 0 Å². The Labute approximate surface area is 139 Å². The minimum atomic E-state index is 0.149. The fourth-order valence-electron chi connectivity index (χ4n) is 2.97. The molecule has 4 rings (SSSR count). The summed E-state index contributed by atoms with van der Waals surface area (Å²) in [4.78, 5) is 6.57. The highest BCUT2D eigenvalue weighted by molar-refractivity contribution is 5.73. The molecule has 1 aliphatic heterocycles. The standard InChI is InChI=1S/C17H18N6O/c24-16-8-12(13-9-19-20-10-13)4-5-14(16)15-11-18-17(22-21-15)23-6-2-1-3-7-23/h4-5,8-11,24H,1-3,6-7H2,(H,19,20). The van der Waals surface area contributed by atoms with Crippen molar-refractivity contribution in [2.24, 2.45) is 0 Å². The van der Waals surface area contributed by atoms with Crippen molar-refractivity contribution in [3.8, 4) is 28.1 Å². The molecule has 24 heavy (non-hydrogen) atoms. The molecule has 7 nitrogen and oxygen atoms in total. The highest BCUT2D eigenvalue weighted by atomic mass is 16.3. The SMILES string of the molecule is Oc1cc(-c2cn[nH]c2)ccc1-c1cnc(N2CCCCC2)nn1. The summed E-state index contributed by atoms with van der Waals surface area (Å²) in [5, 5.41) is 25.5. The molecule has 2 N–H and O–H groups in total. The van der Waals surface area contributed by atoms with Crippen LogP contribution in [0.1, 0.15) is 19.3 Å². The molecule has 1 saturated heterocycles. The zero-order chi connectivity index (χ0) is 16.4. The number of nitrogens with one attached hydrogen (secondary N) is 1. The van der Waals surface area contributed by atoms with Crippen molar-refractivity contribution < 1.29 is 5.11 Å². The number of nitrogens with zero attached hydrogens (tertiary/aromatic N) is 5. The van der Waals surface area contributed by atoms with Crippen LogP contribution in [-0.2, 0) is 0 Å². The summed E-state index contributed by atoms with van der Waals surface area (Å²) in [5.41, 5.74) is 2.98. The Kier molecular flexibility index (Phi) is 3.82. The van der Waals surface area contributed by atoms with Crippen LogP contribution in [0.4, 0.5) is 5.95 Å². The number of phenolic OH excluding ortho intramolecular Hbond substituents is 1. The first kappa shape index (κ1) is 14.6. The van der Waals surface area contributed by atoms with Crippen LogP contribution in [0.3, 0.4) is 0 Å². The molecule has 0 radical (unpaired) electrons. The number of aromatic amines is 1. The van der Waals surface area contributed by atoms with E-state index in [1.807, 2.05) is 12.1 Å². The number of aromatic nitrogens is 5. The zero-order valence-corrected chi connectivity index (χ0v) is 13.2. The molecule has 1 aliphatic rings. The normalized spacial score (nSPS) is 14.8. The molecule has 7 heteroatoms. The van der Waals surface area contributed by atoms with E-state index in [-0.39, 0.29) is 5.75 Å². The summed E-state index contributed by atoms with van der Waals surface area (Å²) in [5.74, 6) is 0.809. The summed E-state index contributed by atoms with van der Waals surface area (Å²) in [6.07, 6.45) is 8.76. The van der Waals surface area contributed by atoms with Crippen LogP contribution < -0.4 is 4.90 Å². The predicted octanol–water partition coefficient (Wildman–Crippen LogP) is 2.62. The van der Waals surface area contributed by atoms with Gasteiger partial charge in [0.1, 0.15) is 11.4 Å². The molecular formula is C17H18N6O. The largest absolute Gasteiger partial charge is 0.507 e. The molecule has 0 atom stereocenters. The van der Waals surface area contributed by atoms with Crippen LogP contribution in [0.2, 0.25) is 0 Å². The van der Waals surface area contributed by atoms with E-state index in [1.165, 1.54) is 19.3 Å². The Morgan fingerprint density at radius 2 is 1.88 bits per heavy atom. The van der Waals surface area contributed by atoms with Gasteiger partial charge in [-0.15, -0.1) is 10.2 Å². The molecule has 1 fully saturated rings. The van der Waals surface area contributed by atoms with Gasteiger partial charge in [-0.2, -0.15) is 5.10 Å². The molecule has 0 bridgehead atoms. The second-order valence-corrected chi connectivity index (χ2v) is 5.91. The lowest BCUT2D eigenvalue weighted by Crippen LogP contribution is -2.31. The second-order valence-electron chi connectivity index (χ2n) is 5.91. The first-order valence-corrected chi connectivity index (χ1v) is 8.08. The van der Waals surface area contributed by atoms with E-state index in [0.29, 0.717) is 17.2 Å². The number of hydrogen-bond acceptors (Lipinski definition) is 6. The summed E-state index contributed by atoms with van der Waals surface area (Å²) in [6, 6.07) is 5.43. The van der Waals surface area contributed by atoms with E-state index in [2.05, 4.69) is 30.3 Å². The van der Waals surface area contributed by atoms with Gasteiger partial charge in [-0.3, -0.25) is 5.10 Å². The summed E-state index contributed by atoms with van der Waals surface area (Å²) >= 11 is 0. The van der Waals surface area contributed by atoms with Crippen LogP contribution in [0.5, 0.6) is 5.75 Å². The summed E-state index contributed by atoms with van der Waals surface area (Å²) in [6.45, 7) is 1.96. The Hall–Kier alpha value is -2.96. The Balaban J connectivity index is 1.59. The van der Waals surface area contributed by atoms with E-state index in [1.54, 1.807) is 24.7 Å². The van der Waals surface area contributed by atoms with Crippen molar-refractivity contribution in [3.05, 3.63) is 36.8 Å². The van der Waals surface area contributed by atoms with E-state index in [9.17, 15) is 5.11 Å². The molecule has 3 aromatic rings. The van der Waals surface area contributed by atoms with Crippen LogP contribution in [-0.4, -0.2) is 43.6 Å². The molecule has 0 spiro atoms. The van der Waals surface area contributed by atoms with E-state index >= 15 is 0 Å². The van der Waals surface area contributed by atoms with Gasteiger partial charge < -0.3 is 10.0 Å². The molecule has 122 valence electrons. The predicted molar refractivity (Wildman–Crippen MR) is 90.6 cm³/mol. The number of phenols is 1. The number of rotatable bonds is 3. The fraction of sp³-hybridized carbons (Fsp3) is 0.294. The Morgan fingerprint density at radius 1 is 1.00 bits per heavy atom. The summed E-state index contributed by atoms with van der Waals surface area (Å²) < 4.78 is 0. The van der Waals surface area contributed by atoms with E-state index < -0.39 is 0 Å². The Morgan fingerprint density at radius 3 is 2.54 bits per heavy atom. The molecule has 3 heterocycles. The molecule has 0 amide bonds. The maximum Gasteiger partial charge on any atom is 0.245 e. The van der Waals surface area contributed by atoms with Crippen LogP contribution in [0.15, 0.2) is 36.8 Å². The molecule has 0 aliphatic carbocycles. The number of benzene rings is 1. The number of aromatic hydroxyl groups is 1. The highest BCUT2D eigenvalue weighted by Gasteiger charge is 2.15. The maximum absolute atomic E-state index is 10.3. The van der Waals surface area contributed by atoms with Gasteiger partial charge in [-0.1, -0.05) is 6.07 Å². The van der Waals surface area contributed by atoms with Gasteiger partial charge in [0.15, 0.2) is 0 Å². The number of hydrogen-bond donors (Lipinski definition) is 2. The van der Waals surface area contributed by atoms with Crippen molar-refractivity contribution in [3.63, 3.8) is 0 Å². The fourth-order valence-corrected chi connectivity index (χ4v) is 2.97. The van der Waals surface area contributed by atoms with E-state index in [4.69, 9.17) is 0 Å². The van der Waals surface area contributed by atoms with Gasteiger partial charge in [0.05, 0.1) is 12.4 Å². The van der Waals surface area contributed by atoms with Gasteiger partial charge in [0, 0.05) is 30.4 Å². The zero-order valence-electron chi connectivity index (χ0n) is 13.2. The third kappa shape index (κ3) is 2.80. The molecule has 0 saturated carbocycles. The van der Waals surface area contributed by atoms with Crippen molar-refractivity contribution in [2.45, 2.75) is 19.3 Å². The lowest BCUT2D eigenvalue weighted by Gasteiger charge is -2.25. The minimum absolute atomic E-state index is 0.149. The quantitative estimate of drug-likeness (QED) is 0.770. The summed E-state index contributed by atoms with van der Waals surface area (Å²) in [7, 11) is 0. The van der Waals surface area contributed by atoms with Gasteiger partial charge >= 0.3 is 0 Å². The van der Waals surface area contributed by atoms with Crippen molar-refractivity contribution in [2.75, 3.05) is 18.0 Å². The van der Waals surface area contributed by atoms with Crippen molar-refractivity contribution >= 4 is 5.95 Å². The van der Waals surface area contributed by atoms with Gasteiger partial charge in [0.2, 0.25) is 5.95 Å². The second kappa shape index (κ2) is 6.27. The third-order valence-electron chi connectivity index (χ3n) is 4.29. The monoisotopic (exact) mass is 322 g/mol. The minimum Gasteiger partial charge on any atom is -0.507 e. The first-order chi connectivity index (χ1) is 11.8. The maximum atomic E-state index is 10.3. The van der Waals surface area contributed by atoms with E-state index in [0.717, 1.165) is 24.2 Å². The first-order valence-electron chi connectivity index (χ1n) is 8.08. The average Bonchev–Trinajstić information content (AvgIpc) is 3.17. The van der Waals surface area contributed by atoms with Crippen LogP contribution >= 0.6 is 0 Å². The Bertz CT molecular complexity index is 810. The number of piperidine rings is 1.